The third kappa shape index (κ3) is 5.41. The summed E-state index contributed by atoms with van der Waals surface area (Å²) in [5.41, 5.74) is 2.48. The molecule has 2 aromatic rings. The second kappa shape index (κ2) is 11.0. The maximum atomic E-state index is 14.7. The van der Waals surface area contributed by atoms with Crippen LogP contribution in [0.5, 0.6) is 11.5 Å². The number of nitrogens with one attached hydrogen (secondary N) is 2. The van der Waals surface area contributed by atoms with Gasteiger partial charge in [0.25, 0.3) is 11.8 Å². The predicted molar refractivity (Wildman–Crippen MR) is 127 cm³/mol. The van der Waals surface area contributed by atoms with Crippen molar-refractivity contribution in [3.63, 3.8) is 0 Å². The lowest BCUT2D eigenvalue weighted by Crippen LogP contribution is -2.48. The van der Waals surface area contributed by atoms with Crippen molar-refractivity contribution in [3.8, 4) is 11.5 Å². The first-order valence-corrected chi connectivity index (χ1v) is 11.9. The summed E-state index contributed by atoms with van der Waals surface area (Å²) < 4.78 is 31.4. The van der Waals surface area contributed by atoms with Crippen molar-refractivity contribution >= 4 is 11.8 Å². The SMILES string of the molecule is CCCNC(=O)c1ccc(Cc2cc(C(=O)N[C@H]3CCOC[C@@H]3O)c(OC)c3c2OCC3)cc1F. The van der Waals surface area contributed by atoms with E-state index in [4.69, 9.17) is 14.2 Å². The third-order valence-corrected chi connectivity index (χ3v) is 6.30. The Labute approximate surface area is 203 Å². The molecule has 2 amide bonds. The minimum absolute atomic E-state index is 0.00602. The molecule has 0 unspecified atom stereocenters. The van der Waals surface area contributed by atoms with Crippen molar-refractivity contribution in [2.75, 3.05) is 33.5 Å². The Kier molecular flexibility index (Phi) is 7.87. The summed E-state index contributed by atoms with van der Waals surface area (Å²) >= 11 is 0. The molecule has 0 aromatic heterocycles. The fourth-order valence-corrected chi connectivity index (χ4v) is 4.50. The number of halogens is 1. The highest BCUT2D eigenvalue weighted by Gasteiger charge is 2.30. The third-order valence-electron chi connectivity index (χ3n) is 6.30. The molecule has 1 fully saturated rings. The van der Waals surface area contributed by atoms with Gasteiger partial charge in [-0.3, -0.25) is 9.59 Å². The van der Waals surface area contributed by atoms with Gasteiger partial charge < -0.3 is 30.0 Å². The Bertz CT molecular complexity index is 1110. The lowest BCUT2D eigenvalue weighted by molar-refractivity contribution is -0.0261. The first-order chi connectivity index (χ1) is 16.9. The first-order valence-electron chi connectivity index (χ1n) is 11.9. The lowest BCUT2D eigenvalue weighted by Gasteiger charge is -2.28. The molecule has 0 spiro atoms. The number of hydrogen-bond acceptors (Lipinski definition) is 6. The summed E-state index contributed by atoms with van der Waals surface area (Å²) in [7, 11) is 1.51. The van der Waals surface area contributed by atoms with Gasteiger partial charge in [-0.1, -0.05) is 13.0 Å². The summed E-state index contributed by atoms with van der Waals surface area (Å²) in [6.45, 7) is 3.48. The zero-order valence-electron chi connectivity index (χ0n) is 20.0. The van der Waals surface area contributed by atoms with Gasteiger partial charge in [-0.25, -0.2) is 4.39 Å². The maximum Gasteiger partial charge on any atom is 0.255 e. The van der Waals surface area contributed by atoms with E-state index in [1.807, 2.05) is 6.92 Å². The van der Waals surface area contributed by atoms with E-state index in [1.165, 1.54) is 19.2 Å². The van der Waals surface area contributed by atoms with Crippen LogP contribution in [-0.4, -0.2) is 62.5 Å². The van der Waals surface area contributed by atoms with E-state index in [2.05, 4.69) is 10.6 Å². The van der Waals surface area contributed by atoms with Crippen molar-refractivity contribution in [2.45, 2.75) is 44.8 Å². The molecule has 35 heavy (non-hydrogen) atoms. The number of amides is 2. The fourth-order valence-electron chi connectivity index (χ4n) is 4.50. The molecule has 188 valence electrons. The normalized spacial score (nSPS) is 19.0. The number of ether oxygens (including phenoxy) is 3. The van der Waals surface area contributed by atoms with Crippen molar-refractivity contribution < 1.29 is 33.3 Å². The van der Waals surface area contributed by atoms with Gasteiger partial charge in [0.2, 0.25) is 0 Å². The van der Waals surface area contributed by atoms with Gasteiger partial charge in [0, 0.05) is 31.6 Å². The number of benzene rings is 2. The van der Waals surface area contributed by atoms with Gasteiger partial charge >= 0.3 is 0 Å². The van der Waals surface area contributed by atoms with Crippen LogP contribution < -0.4 is 20.1 Å². The van der Waals surface area contributed by atoms with Crippen LogP contribution in [-0.2, 0) is 17.6 Å². The standard InChI is InChI=1S/C26H31FN2O6/c1-3-8-28-25(31)17-5-4-15(12-20(17)27)11-16-13-19(24(33-2)18-6-10-35-23(16)18)26(32)29-21-7-9-34-14-22(21)30/h4-5,12-13,21-22,30H,3,6-11,14H2,1-2H3,(H,28,31)(H,29,32)/t21-,22-/m0/s1. The fraction of sp³-hybridized carbons (Fsp3) is 0.462. The second-order valence-corrected chi connectivity index (χ2v) is 8.78. The molecule has 3 N–H and O–H groups in total. The Morgan fingerprint density at radius 3 is 2.74 bits per heavy atom. The van der Waals surface area contributed by atoms with Crippen molar-refractivity contribution in [1.29, 1.82) is 0 Å². The average Bonchev–Trinajstić information content (AvgIpc) is 3.34. The average molecular weight is 487 g/mol. The molecule has 0 saturated carbocycles. The predicted octanol–water partition coefficient (Wildman–Crippen LogP) is 2.38. The molecule has 2 aliphatic heterocycles. The quantitative estimate of drug-likeness (QED) is 0.529. The largest absolute Gasteiger partial charge is 0.495 e. The smallest absolute Gasteiger partial charge is 0.255 e. The van der Waals surface area contributed by atoms with E-state index in [1.54, 1.807) is 12.1 Å². The van der Waals surface area contributed by atoms with Crippen LogP contribution in [0.3, 0.4) is 0 Å². The van der Waals surface area contributed by atoms with Gasteiger partial charge in [0.05, 0.1) is 43.6 Å². The molecule has 2 aromatic carbocycles. The van der Waals surface area contributed by atoms with Crippen molar-refractivity contribution in [2.24, 2.45) is 0 Å². The van der Waals surface area contributed by atoms with Gasteiger partial charge in [-0.05, 0) is 42.2 Å². The van der Waals surface area contributed by atoms with Gasteiger partial charge in [0.1, 0.15) is 17.3 Å². The molecule has 1 saturated heterocycles. The molecule has 4 rings (SSSR count). The van der Waals surface area contributed by atoms with Gasteiger partial charge in [0.15, 0.2) is 0 Å². The summed E-state index contributed by atoms with van der Waals surface area (Å²) in [6, 6.07) is 5.79. The number of rotatable bonds is 8. The molecular weight excluding hydrogens is 455 g/mol. The number of carbonyl (C=O) groups excluding carboxylic acids is 2. The van der Waals surface area contributed by atoms with Gasteiger partial charge in [-0.2, -0.15) is 0 Å². The topological polar surface area (TPSA) is 106 Å². The number of hydrogen-bond donors (Lipinski definition) is 3. The molecule has 0 radical (unpaired) electrons. The molecular formula is C26H31FN2O6. The molecule has 2 atom stereocenters. The molecule has 2 aliphatic rings. The zero-order valence-corrected chi connectivity index (χ0v) is 20.0. The highest BCUT2D eigenvalue weighted by atomic mass is 19.1. The first kappa shape index (κ1) is 24.9. The summed E-state index contributed by atoms with van der Waals surface area (Å²) in [6.07, 6.45) is 1.37. The monoisotopic (exact) mass is 486 g/mol. The van der Waals surface area contributed by atoms with E-state index < -0.39 is 23.9 Å². The summed E-state index contributed by atoms with van der Waals surface area (Å²) in [5.74, 6) is -0.338. The van der Waals surface area contributed by atoms with E-state index >= 15 is 0 Å². The Hall–Kier alpha value is -3.17. The molecule has 2 heterocycles. The Morgan fingerprint density at radius 2 is 2.03 bits per heavy atom. The van der Waals surface area contributed by atoms with Crippen LogP contribution in [0.4, 0.5) is 4.39 Å². The Morgan fingerprint density at radius 1 is 1.20 bits per heavy atom. The summed E-state index contributed by atoms with van der Waals surface area (Å²) in [5, 5.41) is 15.7. The van der Waals surface area contributed by atoms with E-state index in [0.717, 1.165) is 17.5 Å². The molecule has 9 heteroatoms. The van der Waals surface area contributed by atoms with Crippen molar-refractivity contribution in [1.82, 2.24) is 10.6 Å². The van der Waals surface area contributed by atoms with E-state index in [-0.39, 0.29) is 18.1 Å². The minimum Gasteiger partial charge on any atom is -0.495 e. The van der Waals surface area contributed by atoms with E-state index in [0.29, 0.717) is 61.6 Å². The molecule has 0 aliphatic carbocycles. The highest BCUT2D eigenvalue weighted by Crippen LogP contribution is 2.40. The second-order valence-electron chi connectivity index (χ2n) is 8.78. The highest BCUT2D eigenvalue weighted by molar-refractivity contribution is 5.98. The number of carbonyl (C=O) groups is 2. The van der Waals surface area contributed by atoms with Crippen LogP contribution >= 0.6 is 0 Å². The van der Waals surface area contributed by atoms with Crippen LogP contribution in [0.25, 0.3) is 0 Å². The number of fused-ring (bicyclic) bond motifs is 1. The van der Waals surface area contributed by atoms with Crippen LogP contribution in [0.1, 0.15) is 57.2 Å². The summed E-state index contributed by atoms with van der Waals surface area (Å²) in [4.78, 5) is 25.4. The number of methoxy groups -OCH3 is 1. The van der Waals surface area contributed by atoms with E-state index in [9.17, 15) is 19.1 Å². The zero-order chi connectivity index (χ0) is 24.9. The van der Waals surface area contributed by atoms with Gasteiger partial charge in [-0.15, -0.1) is 0 Å². The minimum atomic E-state index is -0.785. The maximum absolute atomic E-state index is 14.7. The van der Waals surface area contributed by atoms with Crippen LogP contribution in [0, 0.1) is 5.82 Å². The number of aliphatic hydroxyl groups excluding tert-OH is 1. The van der Waals surface area contributed by atoms with Crippen molar-refractivity contribution in [3.05, 3.63) is 57.9 Å². The molecule has 0 bridgehead atoms. The molecule has 8 nitrogen and oxygen atoms in total. The van der Waals surface area contributed by atoms with Crippen LogP contribution in [0.2, 0.25) is 0 Å². The number of aliphatic hydroxyl groups is 1. The Balaban J connectivity index is 1.62. The lowest BCUT2D eigenvalue weighted by atomic mass is 9.95. The van der Waals surface area contributed by atoms with Crippen LogP contribution in [0.15, 0.2) is 24.3 Å².